The van der Waals surface area contributed by atoms with Gasteiger partial charge in [-0.05, 0) is 48.9 Å². The van der Waals surface area contributed by atoms with E-state index < -0.39 is 0 Å². The van der Waals surface area contributed by atoms with Crippen molar-refractivity contribution in [3.63, 3.8) is 0 Å². The van der Waals surface area contributed by atoms with Crippen molar-refractivity contribution in [1.29, 1.82) is 0 Å². The minimum atomic E-state index is 0.461. The minimum Gasteiger partial charge on any atom is -0.0766 e. The Morgan fingerprint density at radius 2 is 1.21 bits per heavy atom. The van der Waals surface area contributed by atoms with Gasteiger partial charge in [0.05, 0.1) is 0 Å². The number of hydrogen-bond acceptors (Lipinski definition) is 0. The monoisotopic (exact) mass is 190 g/mol. The van der Waals surface area contributed by atoms with Crippen LogP contribution in [-0.4, -0.2) is 15.7 Å². The second-order valence-corrected chi connectivity index (χ2v) is 7.17. The summed E-state index contributed by atoms with van der Waals surface area (Å²) in [6.07, 6.45) is 6.09. The Hall–Kier alpha value is 0.130. The highest BCUT2D eigenvalue weighted by molar-refractivity contribution is 6.40. The molecule has 0 aliphatic heterocycles. The van der Waals surface area contributed by atoms with Crippen LogP contribution in [0.2, 0.25) is 5.21 Å². The average Bonchev–Trinajstić information content (AvgIpc) is 2.59. The van der Waals surface area contributed by atoms with Gasteiger partial charge in [0.15, 0.2) is 0 Å². The van der Waals surface area contributed by atoms with E-state index in [1.54, 1.807) is 0 Å². The van der Waals surface area contributed by atoms with Crippen molar-refractivity contribution in [2.75, 3.05) is 0 Å². The van der Waals surface area contributed by atoms with Crippen LogP contribution in [0.3, 0.4) is 0 Å². The summed E-state index contributed by atoms with van der Waals surface area (Å²) in [5.41, 5.74) is 0.461. The Morgan fingerprint density at radius 3 is 1.50 bits per heavy atom. The first-order valence-corrected chi connectivity index (χ1v) is 6.34. The van der Waals surface area contributed by atoms with Crippen molar-refractivity contribution in [2.24, 2.45) is 23.2 Å². The fraction of sp³-hybridized carbons (Fsp3) is 1.00. The molecule has 0 spiro atoms. The lowest BCUT2D eigenvalue weighted by Crippen LogP contribution is -2.39. The molecule has 0 N–H and O–H groups in total. The van der Waals surface area contributed by atoms with Crippen molar-refractivity contribution < 1.29 is 0 Å². The summed E-state index contributed by atoms with van der Waals surface area (Å²) < 4.78 is 0. The highest BCUT2D eigenvalue weighted by Crippen LogP contribution is 2.62. The van der Waals surface area contributed by atoms with Gasteiger partial charge in [0, 0.05) is 0 Å². The number of rotatable bonds is 1. The molecule has 0 amide bonds. The van der Waals surface area contributed by atoms with Gasteiger partial charge in [0.2, 0.25) is 0 Å². The average molecular weight is 190 g/mol. The SMILES string of the molecule is BC(B)(C1C2CCC1CC2)C(C)(C)C. The van der Waals surface area contributed by atoms with Crippen molar-refractivity contribution in [1.82, 2.24) is 0 Å². The van der Waals surface area contributed by atoms with Gasteiger partial charge in [-0.25, -0.2) is 0 Å². The first-order valence-electron chi connectivity index (χ1n) is 6.34. The van der Waals surface area contributed by atoms with Crippen molar-refractivity contribution >= 4 is 15.7 Å². The van der Waals surface area contributed by atoms with Crippen LogP contribution in [0.15, 0.2) is 0 Å². The van der Waals surface area contributed by atoms with E-state index in [2.05, 4.69) is 36.5 Å². The molecule has 0 atom stereocenters. The van der Waals surface area contributed by atoms with Gasteiger partial charge in [-0.15, -0.1) is 0 Å². The molecule has 0 unspecified atom stereocenters. The standard InChI is InChI=1S/C12H24B2/c1-11(2,3)12(13,14)10-8-4-5-9(10)7-6-8/h8-10H,4-7,13-14H2,1-3H3. The van der Waals surface area contributed by atoms with Gasteiger partial charge in [0.25, 0.3) is 0 Å². The van der Waals surface area contributed by atoms with Gasteiger partial charge < -0.3 is 0 Å². The van der Waals surface area contributed by atoms with Crippen LogP contribution in [0, 0.1) is 23.2 Å². The Balaban J connectivity index is 2.23. The van der Waals surface area contributed by atoms with Crippen LogP contribution in [0.4, 0.5) is 0 Å². The predicted octanol–water partition coefficient (Wildman–Crippen LogP) is 1.85. The van der Waals surface area contributed by atoms with Gasteiger partial charge in [-0.1, -0.05) is 26.0 Å². The van der Waals surface area contributed by atoms with Crippen molar-refractivity contribution in [3.05, 3.63) is 0 Å². The summed E-state index contributed by atoms with van der Waals surface area (Å²) in [6, 6.07) is 0. The molecule has 2 heteroatoms. The molecule has 2 aliphatic carbocycles. The summed E-state index contributed by atoms with van der Waals surface area (Å²) in [7, 11) is 5.02. The molecular weight excluding hydrogens is 166 g/mol. The largest absolute Gasteiger partial charge is 0.100 e. The second kappa shape index (κ2) is 3.06. The summed E-state index contributed by atoms with van der Waals surface area (Å²) in [4.78, 5) is 0. The molecule has 0 aromatic rings. The Bertz CT molecular complexity index is 207. The van der Waals surface area contributed by atoms with E-state index in [-0.39, 0.29) is 0 Å². The maximum absolute atomic E-state index is 2.51. The molecule has 2 rings (SSSR count). The molecule has 78 valence electrons. The molecule has 2 fully saturated rings. The lowest BCUT2D eigenvalue weighted by molar-refractivity contribution is 0.214. The summed E-state index contributed by atoms with van der Waals surface area (Å²) in [5, 5.41) is 0.523. The molecule has 2 saturated carbocycles. The number of fused-ring (bicyclic) bond motifs is 2. The summed E-state index contributed by atoms with van der Waals surface area (Å²) >= 11 is 0. The summed E-state index contributed by atoms with van der Waals surface area (Å²) in [6.45, 7) is 7.26. The van der Waals surface area contributed by atoms with Gasteiger partial charge in [-0.2, -0.15) is 0 Å². The molecule has 0 saturated heterocycles. The topological polar surface area (TPSA) is 0 Å². The van der Waals surface area contributed by atoms with Crippen LogP contribution in [-0.2, 0) is 0 Å². The maximum Gasteiger partial charge on any atom is 0.100 e. The van der Waals surface area contributed by atoms with E-state index in [4.69, 9.17) is 0 Å². The van der Waals surface area contributed by atoms with E-state index in [1.807, 2.05) is 0 Å². The smallest absolute Gasteiger partial charge is 0.0766 e. The van der Waals surface area contributed by atoms with Crippen LogP contribution in [0.1, 0.15) is 46.5 Å². The third-order valence-electron chi connectivity index (χ3n) is 5.60. The van der Waals surface area contributed by atoms with E-state index in [0.717, 1.165) is 17.8 Å². The summed E-state index contributed by atoms with van der Waals surface area (Å²) in [5.74, 6) is 3.14. The second-order valence-electron chi connectivity index (χ2n) is 7.17. The van der Waals surface area contributed by atoms with Gasteiger partial charge in [-0.3, -0.25) is 0 Å². The quantitative estimate of drug-likeness (QED) is 0.553. The Kier molecular flexibility index (Phi) is 2.33. The molecule has 0 aromatic heterocycles. The van der Waals surface area contributed by atoms with Crippen LogP contribution >= 0.6 is 0 Å². The van der Waals surface area contributed by atoms with E-state index >= 15 is 0 Å². The first kappa shape index (κ1) is 10.6. The maximum atomic E-state index is 2.51. The Labute approximate surface area is 91.0 Å². The van der Waals surface area contributed by atoms with Gasteiger partial charge >= 0.3 is 0 Å². The molecule has 14 heavy (non-hydrogen) atoms. The zero-order valence-corrected chi connectivity index (χ0v) is 10.6. The fourth-order valence-corrected chi connectivity index (χ4v) is 3.93. The predicted molar refractivity (Wildman–Crippen MR) is 68.2 cm³/mol. The zero-order chi connectivity index (χ0) is 10.6. The Morgan fingerprint density at radius 1 is 0.857 bits per heavy atom. The molecule has 2 aliphatic rings. The lowest BCUT2D eigenvalue weighted by atomic mass is 9.37. The third-order valence-corrected chi connectivity index (χ3v) is 5.60. The van der Waals surface area contributed by atoms with E-state index in [1.165, 1.54) is 25.7 Å². The van der Waals surface area contributed by atoms with Crippen molar-refractivity contribution in [3.8, 4) is 0 Å². The lowest BCUT2D eigenvalue weighted by Gasteiger charge is -2.46. The van der Waals surface area contributed by atoms with Crippen LogP contribution < -0.4 is 0 Å². The van der Waals surface area contributed by atoms with E-state index in [9.17, 15) is 0 Å². The van der Waals surface area contributed by atoms with Crippen LogP contribution in [0.25, 0.3) is 0 Å². The fourth-order valence-electron chi connectivity index (χ4n) is 3.93. The van der Waals surface area contributed by atoms with Crippen molar-refractivity contribution in [2.45, 2.75) is 51.7 Å². The van der Waals surface area contributed by atoms with Gasteiger partial charge in [0.1, 0.15) is 15.7 Å². The van der Waals surface area contributed by atoms with Crippen LogP contribution in [0.5, 0.6) is 0 Å². The highest BCUT2D eigenvalue weighted by atomic mass is 14.5. The number of hydrogen-bond donors (Lipinski definition) is 0. The molecule has 0 nitrogen and oxygen atoms in total. The highest BCUT2D eigenvalue weighted by Gasteiger charge is 2.52. The third kappa shape index (κ3) is 1.37. The van der Waals surface area contributed by atoms with E-state index in [0.29, 0.717) is 10.6 Å². The molecular formula is C12H24B2. The minimum absolute atomic E-state index is 0.461. The molecule has 0 radical (unpaired) electrons. The zero-order valence-electron chi connectivity index (χ0n) is 10.6. The first-order chi connectivity index (χ1) is 6.34. The molecule has 2 bridgehead atoms. The molecule has 0 aromatic carbocycles. The molecule has 0 heterocycles. The normalized spacial score (nSPS) is 37.8.